The van der Waals surface area contributed by atoms with Crippen molar-refractivity contribution in [1.82, 2.24) is 19.6 Å². The number of anilines is 1. The Kier molecular flexibility index (Phi) is 13.5. The van der Waals surface area contributed by atoms with Gasteiger partial charge in [0.25, 0.3) is 5.91 Å². The molecule has 310 valence electrons. The van der Waals surface area contributed by atoms with E-state index < -0.39 is 72.4 Å². The van der Waals surface area contributed by atoms with Crippen LogP contribution < -0.4 is 11.1 Å². The summed E-state index contributed by atoms with van der Waals surface area (Å²) in [5.41, 5.74) is 5.43. The van der Waals surface area contributed by atoms with Crippen LogP contribution in [0.2, 0.25) is 0 Å². The Morgan fingerprint density at radius 3 is 1.96 bits per heavy atom. The number of carbonyl (C=O) groups is 4. The van der Waals surface area contributed by atoms with Crippen LogP contribution in [-0.2, 0) is 14.3 Å². The van der Waals surface area contributed by atoms with Gasteiger partial charge in [-0.15, -0.1) is 0 Å². The van der Waals surface area contributed by atoms with Crippen molar-refractivity contribution in [2.45, 2.75) is 141 Å². The van der Waals surface area contributed by atoms with Gasteiger partial charge in [-0.3, -0.25) is 19.1 Å². The standard InChI is InChI=1S/C41H58F4N6O5/c1-24(2)51-32(36(46)52)22-31(48-51)35(34(26-13-9-7-10-14-26)27-15-11-8-12-16-27)37(53)47-30-18-17-28(21-29(30)42)25(3)38(54)50-20-19-49(23-33(50)41(43,44)45)39(55)56-40(4,5)6/h17-18,21-22,24-27,33-35H,7-16,19-20,23H2,1-6H3,(H2,46,52)(H,47,53)/t25-,33?,35+/m0/s1. The summed E-state index contributed by atoms with van der Waals surface area (Å²) in [6.07, 6.45) is 4.51. The number of alkyl halides is 3. The third-order valence-electron chi connectivity index (χ3n) is 11.7. The van der Waals surface area contributed by atoms with Crippen LogP contribution in [0.1, 0.15) is 145 Å². The van der Waals surface area contributed by atoms with Gasteiger partial charge in [-0.25, -0.2) is 9.18 Å². The van der Waals surface area contributed by atoms with E-state index >= 15 is 4.39 Å². The Hall–Kier alpha value is -4.17. The van der Waals surface area contributed by atoms with Gasteiger partial charge in [0.1, 0.15) is 23.2 Å². The smallest absolute Gasteiger partial charge is 0.410 e. The fourth-order valence-electron chi connectivity index (χ4n) is 8.94. The van der Waals surface area contributed by atoms with Gasteiger partial charge in [0, 0.05) is 19.1 Å². The molecule has 2 aliphatic carbocycles. The third-order valence-corrected chi connectivity index (χ3v) is 11.7. The van der Waals surface area contributed by atoms with Crippen molar-refractivity contribution in [1.29, 1.82) is 0 Å². The number of nitrogens with one attached hydrogen (secondary N) is 1. The van der Waals surface area contributed by atoms with Crippen molar-refractivity contribution in [2.24, 2.45) is 23.5 Å². The maximum Gasteiger partial charge on any atom is 0.410 e. The number of rotatable bonds is 10. The molecule has 0 bridgehead atoms. The second kappa shape index (κ2) is 17.5. The first-order valence-corrected chi connectivity index (χ1v) is 20.1. The molecule has 3 fully saturated rings. The first kappa shape index (κ1) is 43.0. The molecule has 3 N–H and O–H groups in total. The highest BCUT2D eigenvalue weighted by atomic mass is 19.4. The lowest BCUT2D eigenvalue weighted by atomic mass is 9.64. The zero-order chi connectivity index (χ0) is 41.1. The quantitative estimate of drug-likeness (QED) is 0.232. The molecule has 1 aromatic heterocycles. The normalized spacial score (nSPS) is 20.2. The fourth-order valence-corrected chi connectivity index (χ4v) is 8.94. The molecule has 1 aromatic carbocycles. The molecule has 15 heteroatoms. The number of nitrogens with two attached hydrogens (primary N) is 1. The van der Waals surface area contributed by atoms with Gasteiger partial charge in [-0.2, -0.15) is 18.3 Å². The number of hydrogen-bond acceptors (Lipinski definition) is 6. The minimum absolute atomic E-state index is 0.107. The number of benzene rings is 1. The van der Waals surface area contributed by atoms with Crippen LogP contribution in [0, 0.1) is 23.6 Å². The van der Waals surface area contributed by atoms with Crippen molar-refractivity contribution in [3.05, 3.63) is 47.0 Å². The number of halogens is 4. The molecule has 3 aliphatic rings. The van der Waals surface area contributed by atoms with Crippen molar-refractivity contribution in [3.8, 4) is 0 Å². The highest BCUT2D eigenvalue weighted by Gasteiger charge is 2.50. The number of piperazine rings is 1. The van der Waals surface area contributed by atoms with Crippen LogP contribution >= 0.6 is 0 Å². The number of hydrogen-bond donors (Lipinski definition) is 2. The molecule has 4 amide bonds. The lowest BCUT2D eigenvalue weighted by Crippen LogP contribution is -2.62. The summed E-state index contributed by atoms with van der Waals surface area (Å²) in [4.78, 5) is 55.0. The highest BCUT2D eigenvalue weighted by Crippen LogP contribution is 2.47. The molecule has 11 nitrogen and oxygen atoms in total. The van der Waals surface area contributed by atoms with Crippen LogP contribution in [-0.4, -0.2) is 80.8 Å². The maximum absolute atomic E-state index is 16.0. The molecule has 1 unspecified atom stereocenters. The van der Waals surface area contributed by atoms with Crippen molar-refractivity contribution in [3.63, 3.8) is 0 Å². The predicted molar refractivity (Wildman–Crippen MR) is 203 cm³/mol. The molecule has 5 rings (SSSR count). The fraction of sp³-hybridized carbons (Fsp3) is 0.683. The average molecular weight is 791 g/mol. The summed E-state index contributed by atoms with van der Waals surface area (Å²) in [6.45, 7) is 8.61. The maximum atomic E-state index is 16.0. The van der Waals surface area contributed by atoms with E-state index in [4.69, 9.17) is 15.6 Å². The second-order valence-electron chi connectivity index (χ2n) is 17.2. The predicted octanol–water partition coefficient (Wildman–Crippen LogP) is 8.31. The van der Waals surface area contributed by atoms with Gasteiger partial charge in [0.15, 0.2) is 0 Å². The molecule has 1 aliphatic heterocycles. The van der Waals surface area contributed by atoms with Crippen LogP contribution in [0.25, 0.3) is 0 Å². The van der Waals surface area contributed by atoms with Crippen molar-refractivity contribution >= 4 is 29.5 Å². The monoisotopic (exact) mass is 790 g/mol. The molecular weight excluding hydrogens is 732 g/mol. The van der Waals surface area contributed by atoms with Gasteiger partial charge in [-0.1, -0.05) is 70.3 Å². The third kappa shape index (κ3) is 10.0. The topological polar surface area (TPSA) is 140 Å². The van der Waals surface area contributed by atoms with Crippen LogP contribution in [0.5, 0.6) is 0 Å². The van der Waals surface area contributed by atoms with E-state index in [1.54, 1.807) is 26.8 Å². The SMILES string of the molecule is CC(C)n1nc([C@@H](C(=O)Nc2ccc([C@H](C)C(=O)N3CCN(C(=O)OC(C)(C)C)CC3C(F)(F)F)cc2F)C(C2CCCCC2)C2CCCCC2)cc1C(N)=O. The first-order valence-electron chi connectivity index (χ1n) is 20.1. The van der Waals surface area contributed by atoms with E-state index in [0.29, 0.717) is 10.6 Å². The highest BCUT2D eigenvalue weighted by molar-refractivity contribution is 5.97. The Morgan fingerprint density at radius 2 is 1.48 bits per heavy atom. The minimum Gasteiger partial charge on any atom is -0.444 e. The van der Waals surface area contributed by atoms with Crippen molar-refractivity contribution < 1.29 is 41.5 Å². The minimum atomic E-state index is -4.84. The van der Waals surface area contributed by atoms with Gasteiger partial charge in [0.2, 0.25) is 11.8 Å². The number of aromatic nitrogens is 2. The van der Waals surface area contributed by atoms with E-state index in [1.807, 2.05) is 13.8 Å². The van der Waals surface area contributed by atoms with Crippen LogP contribution in [0.15, 0.2) is 24.3 Å². The number of nitrogens with zero attached hydrogens (tertiary/aromatic N) is 4. The first-order chi connectivity index (χ1) is 26.3. The lowest BCUT2D eigenvalue weighted by molar-refractivity contribution is -0.200. The Balaban J connectivity index is 1.41. The number of primary amides is 1. The molecular formula is C41H58F4N6O5. The van der Waals surface area contributed by atoms with Gasteiger partial charge >= 0.3 is 12.3 Å². The lowest BCUT2D eigenvalue weighted by Gasteiger charge is -2.43. The summed E-state index contributed by atoms with van der Waals surface area (Å²) >= 11 is 0. The van der Waals surface area contributed by atoms with E-state index in [-0.39, 0.29) is 47.3 Å². The molecule has 0 radical (unpaired) electrons. The zero-order valence-corrected chi connectivity index (χ0v) is 33.5. The molecule has 2 saturated carbocycles. The Bertz CT molecular complexity index is 1710. The number of ether oxygens (including phenoxy) is 1. The molecule has 56 heavy (non-hydrogen) atoms. The molecule has 1 saturated heterocycles. The van der Waals surface area contributed by atoms with Gasteiger partial charge in [0.05, 0.1) is 29.8 Å². The summed E-state index contributed by atoms with van der Waals surface area (Å²) < 4.78 is 65.8. The average Bonchev–Trinajstić information content (AvgIpc) is 3.59. The number of amides is 4. The van der Waals surface area contributed by atoms with Crippen LogP contribution in [0.4, 0.5) is 28.0 Å². The van der Waals surface area contributed by atoms with E-state index in [1.165, 1.54) is 23.7 Å². The van der Waals surface area contributed by atoms with E-state index in [2.05, 4.69) is 5.32 Å². The molecule has 0 spiro atoms. The van der Waals surface area contributed by atoms with Crippen molar-refractivity contribution in [2.75, 3.05) is 25.0 Å². The Morgan fingerprint density at radius 1 is 0.893 bits per heavy atom. The largest absolute Gasteiger partial charge is 0.444 e. The zero-order valence-electron chi connectivity index (χ0n) is 33.5. The summed E-state index contributed by atoms with van der Waals surface area (Å²) in [5, 5.41) is 7.59. The second-order valence-corrected chi connectivity index (χ2v) is 17.2. The Labute approximate surface area is 327 Å². The summed E-state index contributed by atoms with van der Waals surface area (Å²) in [6, 6.07) is 2.91. The van der Waals surface area contributed by atoms with Crippen LogP contribution in [0.3, 0.4) is 0 Å². The molecule has 2 heterocycles. The van der Waals surface area contributed by atoms with E-state index in [0.717, 1.165) is 75.2 Å². The van der Waals surface area contributed by atoms with Gasteiger partial charge < -0.3 is 25.6 Å². The summed E-state index contributed by atoms with van der Waals surface area (Å²) in [7, 11) is 0. The molecule has 3 atom stereocenters. The van der Waals surface area contributed by atoms with Gasteiger partial charge in [-0.05, 0) is 83.1 Å². The summed E-state index contributed by atoms with van der Waals surface area (Å²) in [5.74, 6) is -4.49. The molecule has 2 aromatic rings. The van der Waals surface area contributed by atoms with E-state index in [9.17, 15) is 32.3 Å². The number of carbonyl (C=O) groups excluding carboxylic acids is 4.